The van der Waals surface area contributed by atoms with Gasteiger partial charge in [0.2, 0.25) is 0 Å². The summed E-state index contributed by atoms with van der Waals surface area (Å²) < 4.78 is 0. The molecule has 12 heavy (non-hydrogen) atoms. The average molecular weight is 167 g/mol. The van der Waals surface area contributed by atoms with Gasteiger partial charge in [-0.15, -0.1) is 7.05 Å². The van der Waals surface area contributed by atoms with Crippen molar-refractivity contribution >= 4 is 5.97 Å². The molecule has 0 spiro atoms. The van der Waals surface area contributed by atoms with Crippen LogP contribution in [0.25, 0.3) is 0 Å². The van der Waals surface area contributed by atoms with Crippen LogP contribution < -0.4 is 5.32 Å². The van der Waals surface area contributed by atoms with Crippen LogP contribution in [0, 0.1) is 7.05 Å². The van der Waals surface area contributed by atoms with Crippen LogP contribution >= 0.6 is 0 Å². The van der Waals surface area contributed by atoms with Gasteiger partial charge in [0, 0.05) is 6.42 Å². The molecule has 0 radical (unpaired) electrons. The number of aliphatic carboxylic acids is 1. The predicted molar refractivity (Wildman–Crippen MR) is 44.9 cm³/mol. The van der Waals surface area contributed by atoms with E-state index in [-0.39, 0.29) is 6.42 Å². The molecule has 0 atom stereocenters. The zero-order chi connectivity index (χ0) is 8.97. The van der Waals surface area contributed by atoms with Crippen LogP contribution in [-0.2, 0) is 4.79 Å². The number of nitrogens with two attached hydrogens (primary N) is 1. The molecule has 0 saturated carbocycles. The number of carboxylic acid groups (broad SMARTS) is 1. The van der Waals surface area contributed by atoms with Gasteiger partial charge in [0.05, 0.1) is 12.1 Å². The Labute approximate surface area is 71.8 Å². The zero-order valence-corrected chi connectivity index (χ0v) is 6.92. The fraction of sp³-hybridized carbons (Fsp3) is 0.333. The Kier molecular flexibility index (Phi) is 3.05. The highest BCUT2D eigenvalue weighted by Gasteiger charge is 2.09. The molecule has 0 amide bonds. The van der Waals surface area contributed by atoms with Gasteiger partial charge in [-0.05, 0) is 18.1 Å². The molecule has 0 aromatic rings. The lowest BCUT2D eigenvalue weighted by Gasteiger charge is -1.94. The number of hydrogen-bond donors (Lipinski definition) is 2. The normalized spacial score (nSPS) is 19.8. The van der Waals surface area contributed by atoms with Crippen LogP contribution in [0.3, 0.4) is 0 Å². The average Bonchev–Trinajstić information content (AvgIpc) is 2.48. The molecule has 0 aliphatic heterocycles. The van der Waals surface area contributed by atoms with E-state index in [2.05, 4.69) is 7.05 Å². The standard InChI is InChI=1S/C9H13NO2/c1-10-8-4-2-7(6-8)3-5-9(11)12/h3,6H,1-2,4-5,10H2,(H,11,12). The lowest BCUT2D eigenvalue weighted by atomic mass is 10.2. The van der Waals surface area contributed by atoms with Crippen molar-refractivity contribution in [1.82, 2.24) is 0 Å². The molecule has 3 nitrogen and oxygen atoms in total. The number of allylic oxidation sites excluding steroid dienone is 3. The maximum atomic E-state index is 10.2. The molecule has 1 rings (SSSR count). The Bertz CT molecular complexity index is 241. The molecular weight excluding hydrogens is 154 g/mol. The number of hydrogen-bond acceptors (Lipinski definition) is 1. The second kappa shape index (κ2) is 4.07. The molecule has 0 bridgehead atoms. The van der Waals surface area contributed by atoms with Crippen LogP contribution in [0.2, 0.25) is 0 Å². The summed E-state index contributed by atoms with van der Waals surface area (Å²) in [4.78, 5) is 10.2. The van der Waals surface area contributed by atoms with Gasteiger partial charge >= 0.3 is 5.97 Å². The largest absolute Gasteiger partial charge is 0.481 e. The van der Waals surface area contributed by atoms with Gasteiger partial charge in [-0.1, -0.05) is 6.08 Å². The van der Waals surface area contributed by atoms with Crippen LogP contribution in [0.5, 0.6) is 0 Å². The van der Waals surface area contributed by atoms with Crippen LogP contribution in [0.1, 0.15) is 19.3 Å². The molecule has 0 fully saturated rings. The van der Waals surface area contributed by atoms with Crippen LogP contribution in [0.15, 0.2) is 23.4 Å². The summed E-state index contributed by atoms with van der Waals surface area (Å²) in [6.07, 6.45) is 5.84. The van der Waals surface area contributed by atoms with Crippen molar-refractivity contribution in [2.45, 2.75) is 19.3 Å². The maximum absolute atomic E-state index is 10.2. The molecule has 3 heteroatoms. The SMILES string of the molecule is [CH2-][NH2+]C1=CC(=CCC(=O)O)CC1. The van der Waals surface area contributed by atoms with Gasteiger partial charge in [0.1, 0.15) is 0 Å². The third-order valence-corrected chi connectivity index (χ3v) is 1.87. The van der Waals surface area contributed by atoms with E-state index in [0.29, 0.717) is 0 Å². The monoisotopic (exact) mass is 167 g/mol. The Morgan fingerprint density at radius 3 is 3.00 bits per heavy atom. The van der Waals surface area contributed by atoms with Crippen molar-refractivity contribution in [2.75, 3.05) is 0 Å². The molecule has 3 N–H and O–H groups in total. The molecule has 0 heterocycles. The third kappa shape index (κ3) is 2.51. The topological polar surface area (TPSA) is 53.9 Å². The lowest BCUT2D eigenvalue weighted by Crippen LogP contribution is -2.74. The van der Waals surface area contributed by atoms with Crippen molar-refractivity contribution in [3.63, 3.8) is 0 Å². The van der Waals surface area contributed by atoms with Crippen LogP contribution in [-0.4, -0.2) is 11.1 Å². The second-order valence-electron chi connectivity index (χ2n) is 2.80. The first-order valence-electron chi connectivity index (χ1n) is 3.96. The van der Waals surface area contributed by atoms with E-state index in [1.807, 2.05) is 11.4 Å². The minimum absolute atomic E-state index is 0.121. The Hall–Kier alpha value is -1.09. The molecule has 0 unspecified atom stereocenters. The van der Waals surface area contributed by atoms with Crippen LogP contribution in [0.4, 0.5) is 0 Å². The number of quaternary nitrogens is 1. The minimum Gasteiger partial charge on any atom is -0.481 e. The fourth-order valence-corrected chi connectivity index (χ4v) is 1.21. The number of rotatable bonds is 3. The number of carbonyl (C=O) groups is 1. The van der Waals surface area contributed by atoms with E-state index >= 15 is 0 Å². The molecule has 0 aromatic carbocycles. The molecule has 0 aromatic heterocycles. The van der Waals surface area contributed by atoms with Crippen molar-refractivity contribution in [1.29, 1.82) is 0 Å². The highest BCUT2D eigenvalue weighted by Crippen LogP contribution is 2.19. The van der Waals surface area contributed by atoms with E-state index in [9.17, 15) is 4.79 Å². The second-order valence-corrected chi connectivity index (χ2v) is 2.80. The third-order valence-electron chi connectivity index (χ3n) is 1.87. The molecule has 1 aliphatic carbocycles. The molecule has 66 valence electrons. The maximum Gasteiger partial charge on any atom is 0.307 e. The predicted octanol–water partition coefficient (Wildman–Crippen LogP) is 0.420. The van der Waals surface area contributed by atoms with E-state index < -0.39 is 5.97 Å². The van der Waals surface area contributed by atoms with Crippen molar-refractivity contribution in [2.24, 2.45) is 0 Å². The van der Waals surface area contributed by atoms with Gasteiger partial charge in [-0.2, -0.15) is 0 Å². The molecule has 0 saturated heterocycles. The highest BCUT2D eigenvalue weighted by molar-refractivity contribution is 5.69. The van der Waals surface area contributed by atoms with E-state index in [1.165, 1.54) is 5.70 Å². The summed E-state index contributed by atoms with van der Waals surface area (Å²) in [6, 6.07) is 0. The fourth-order valence-electron chi connectivity index (χ4n) is 1.21. The van der Waals surface area contributed by atoms with Crippen molar-refractivity contribution in [3.8, 4) is 0 Å². The first-order valence-corrected chi connectivity index (χ1v) is 3.96. The summed E-state index contributed by atoms with van der Waals surface area (Å²) >= 11 is 0. The Morgan fingerprint density at radius 1 is 1.75 bits per heavy atom. The summed E-state index contributed by atoms with van der Waals surface area (Å²) in [7, 11) is 3.66. The van der Waals surface area contributed by atoms with Gasteiger partial charge in [-0.25, -0.2) is 0 Å². The molecular formula is C9H13NO2. The van der Waals surface area contributed by atoms with E-state index in [1.54, 1.807) is 6.08 Å². The van der Waals surface area contributed by atoms with Gasteiger partial charge in [0.25, 0.3) is 0 Å². The Balaban J connectivity index is 2.50. The lowest BCUT2D eigenvalue weighted by molar-refractivity contribution is -0.544. The van der Waals surface area contributed by atoms with E-state index in [0.717, 1.165) is 18.4 Å². The zero-order valence-electron chi connectivity index (χ0n) is 6.92. The summed E-state index contributed by atoms with van der Waals surface area (Å²) in [5, 5.41) is 10.2. The summed E-state index contributed by atoms with van der Waals surface area (Å²) in [6.45, 7) is 0. The highest BCUT2D eigenvalue weighted by atomic mass is 16.4. The van der Waals surface area contributed by atoms with Gasteiger partial charge in [-0.3, -0.25) is 4.79 Å². The number of carboxylic acids is 1. The Morgan fingerprint density at radius 2 is 2.50 bits per heavy atom. The first kappa shape index (κ1) is 9.00. The smallest absolute Gasteiger partial charge is 0.307 e. The van der Waals surface area contributed by atoms with E-state index in [4.69, 9.17) is 5.11 Å². The summed E-state index contributed by atoms with van der Waals surface area (Å²) in [5.74, 6) is -0.775. The summed E-state index contributed by atoms with van der Waals surface area (Å²) in [5.41, 5.74) is 2.32. The quantitative estimate of drug-likeness (QED) is 0.598. The first-order chi connectivity index (χ1) is 5.72. The van der Waals surface area contributed by atoms with Gasteiger partial charge in [0.15, 0.2) is 0 Å². The van der Waals surface area contributed by atoms with Crippen molar-refractivity contribution < 1.29 is 15.2 Å². The van der Waals surface area contributed by atoms with Gasteiger partial charge < -0.3 is 10.4 Å². The minimum atomic E-state index is -0.775. The van der Waals surface area contributed by atoms with Crippen molar-refractivity contribution in [3.05, 3.63) is 30.5 Å². The molecule has 1 aliphatic rings.